The highest BCUT2D eigenvalue weighted by molar-refractivity contribution is 6.25. The lowest BCUT2D eigenvalue weighted by atomic mass is 9.53. The lowest BCUT2D eigenvalue weighted by molar-refractivity contribution is 0.125. The second-order valence-electron chi connectivity index (χ2n) is 12.3. The van der Waals surface area contributed by atoms with E-state index < -0.39 is 0 Å². The molecule has 8 aromatic carbocycles. The number of benzene rings is 8. The second-order valence-corrected chi connectivity index (χ2v) is 12.3. The van der Waals surface area contributed by atoms with Crippen molar-refractivity contribution < 1.29 is 0 Å². The van der Waals surface area contributed by atoms with Crippen molar-refractivity contribution in [1.29, 1.82) is 0 Å². The Balaban J connectivity index is 1.24. The summed E-state index contributed by atoms with van der Waals surface area (Å²) in [6.45, 7) is 0. The van der Waals surface area contributed by atoms with E-state index in [0.717, 1.165) is 11.8 Å². The van der Waals surface area contributed by atoms with Crippen LogP contribution in [0.25, 0.3) is 64.6 Å². The Kier molecular flexibility index (Phi) is 3.87. The van der Waals surface area contributed by atoms with Gasteiger partial charge in [-0.05, 0) is 112 Å². The highest BCUT2D eigenvalue weighted by atomic mass is 14.6. The van der Waals surface area contributed by atoms with Crippen molar-refractivity contribution in [2.24, 2.45) is 11.8 Å². The van der Waals surface area contributed by atoms with E-state index in [1.165, 1.54) is 83.9 Å². The van der Waals surface area contributed by atoms with Crippen molar-refractivity contribution in [3.63, 3.8) is 0 Å². The molecule has 0 aliphatic heterocycles. The number of hydrogen-bond acceptors (Lipinski definition) is 0. The average molecular weight is 497 g/mol. The Labute approximate surface area is 227 Å². The van der Waals surface area contributed by atoms with E-state index in [4.69, 9.17) is 0 Å². The molecule has 0 heteroatoms. The molecule has 0 saturated heterocycles. The van der Waals surface area contributed by atoms with Gasteiger partial charge in [0.25, 0.3) is 0 Å². The molecule has 0 spiro atoms. The largest absolute Gasteiger partial charge is 0.0610 e. The maximum Gasteiger partial charge on any atom is -0.00239 e. The third-order valence-corrected chi connectivity index (χ3v) is 10.8. The van der Waals surface area contributed by atoms with Crippen LogP contribution in [0.3, 0.4) is 0 Å². The molecule has 2 aliphatic rings. The van der Waals surface area contributed by atoms with Crippen LogP contribution < -0.4 is 0 Å². The van der Waals surface area contributed by atoms with E-state index in [1.54, 1.807) is 11.1 Å². The van der Waals surface area contributed by atoms with Crippen LogP contribution in [0.4, 0.5) is 0 Å². The molecule has 0 bridgehead atoms. The van der Waals surface area contributed by atoms with Gasteiger partial charge in [-0.2, -0.15) is 0 Å². The zero-order valence-corrected chi connectivity index (χ0v) is 21.8. The van der Waals surface area contributed by atoms with Gasteiger partial charge in [0.05, 0.1) is 0 Å². The van der Waals surface area contributed by atoms with Crippen molar-refractivity contribution >= 4 is 64.6 Å². The van der Waals surface area contributed by atoms with Gasteiger partial charge in [0.15, 0.2) is 0 Å². The molecule has 0 aromatic heterocycles. The molecule has 0 unspecified atom stereocenters. The molecule has 0 N–H and O–H groups in total. The van der Waals surface area contributed by atoms with Crippen LogP contribution in [0, 0.1) is 11.8 Å². The highest BCUT2D eigenvalue weighted by Crippen LogP contribution is 2.66. The summed E-state index contributed by atoms with van der Waals surface area (Å²) in [4.78, 5) is 0. The maximum atomic E-state index is 2.49. The minimum Gasteiger partial charge on any atom is -0.0610 e. The van der Waals surface area contributed by atoms with Gasteiger partial charge in [-0.1, -0.05) is 116 Å². The Morgan fingerprint density at radius 2 is 0.718 bits per heavy atom. The maximum absolute atomic E-state index is 2.49. The Morgan fingerprint density at radius 1 is 0.359 bits per heavy atom. The van der Waals surface area contributed by atoms with Crippen molar-refractivity contribution in [1.82, 2.24) is 0 Å². The third kappa shape index (κ3) is 2.56. The lowest BCUT2D eigenvalue weighted by Crippen LogP contribution is -2.40. The van der Waals surface area contributed by atoms with Gasteiger partial charge in [-0.3, -0.25) is 0 Å². The molecule has 8 aromatic rings. The minimum atomic E-state index is 0.584. The number of hydrogen-bond donors (Lipinski definition) is 0. The van der Waals surface area contributed by atoms with Crippen molar-refractivity contribution in [2.45, 2.75) is 31.1 Å². The fourth-order valence-corrected chi connectivity index (χ4v) is 9.24. The first kappa shape index (κ1) is 20.8. The predicted octanol–water partition coefficient (Wildman–Crippen LogP) is 10.8. The van der Waals surface area contributed by atoms with E-state index in [2.05, 4.69) is 109 Å². The minimum absolute atomic E-state index is 0.584. The fourth-order valence-electron chi connectivity index (χ4n) is 9.24. The normalized spacial score (nSPS) is 23.1. The summed E-state index contributed by atoms with van der Waals surface area (Å²) in [7, 11) is 0. The topological polar surface area (TPSA) is 0 Å². The molecular weight excluding hydrogens is 468 g/mol. The van der Waals surface area contributed by atoms with Crippen LogP contribution >= 0.6 is 0 Å². The molecule has 184 valence electrons. The monoisotopic (exact) mass is 496 g/mol. The van der Waals surface area contributed by atoms with Gasteiger partial charge in [-0.25, -0.2) is 0 Å². The number of fused-ring (bicyclic) bond motifs is 1. The zero-order valence-electron chi connectivity index (χ0n) is 21.8. The van der Waals surface area contributed by atoms with Gasteiger partial charge in [0.1, 0.15) is 0 Å². The molecule has 0 radical (unpaired) electrons. The number of rotatable bonds is 2. The summed E-state index contributed by atoms with van der Waals surface area (Å²) in [6, 6.07) is 42.1. The van der Waals surface area contributed by atoms with E-state index >= 15 is 0 Å². The molecule has 0 amide bonds. The highest BCUT2D eigenvalue weighted by Gasteiger charge is 2.53. The molecule has 2 fully saturated rings. The molecule has 2 aliphatic carbocycles. The fraction of sp³-hybridized carbons (Fsp3) is 0.179. The van der Waals surface area contributed by atoms with Crippen molar-refractivity contribution in [2.75, 3.05) is 0 Å². The van der Waals surface area contributed by atoms with Crippen molar-refractivity contribution in [3.05, 3.63) is 120 Å². The van der Waals surface area contributed by atoms with E-state index in [9.17, 15) is 0 Å². The molecular formula is C39H28. The first-order valence-electron chi connectivity index (χ1n) is 14.7. The first-order chi connectivity index (χ1) is 19.3. The van der Waals surface area contributed by atoms with Crippen LogP contribution in [0.5, 0.6) is 0 Å². The SMILES string of the molecule is c1cc2ccc3ccc([C@@H]4[C@H]5CCC[C@H]5[C@@H]4c4ccc5ccc6cccc7ccc4c5c67)c4ccc(c1)c2c34. The van der Waals surface area contributed by atoms with E-state index in [0.29, 0.717) is 11.8 Å². The third-order valence-electron chi connectivity index (χ3n) is 10.8. The molecule has 39 heavy (non-hydrogen) atoms. The predicted molar refractivity (Wildman–Crippen MR) is 167 cm³/mol. The summed E-state index contributed by atoms with van der Waals surface area (Å²) >= 11 is 0. The van der Waals surface area contributed by atoms with Crippen LogP contribution in [0.2, 0.25) is 0 Å². The van der Waals surface area contributed by atoms with Gasteiger partial charge in [0, 0.05) is 0 Å². The molecule has 4 atom stereocenters. The average Bonchev–Trinajstić information content (AvgIpc) is 3.39. The summed E-state index contributed by atoms with van der Waals surface area (Å²) in [5, 5.41) is 17.0. The van der Waals surface area contributed by atoms with Crippen LogP contribution in [0.1, 0.15) is 42.2 Å². The van der Waals surface area contributed by atoms with Gasteiger partial charge < -0.3 is 0 Å². The van der Waals surface area contributed by atoms with Gasteiger partial charge >= 0.3 is 0 Å². The molecule has 0 heterocycles. The molecule has 10 rings (SSSR count). The standard InChI is InChI=1S/C39H28/c1-4-22-10-12-26-16-20-32(30-18-14-24(6-1)34(22)36(26)30)38-28-8-3-9-29(28)39(38)33-21-17-27-13-11-23-5-2-7-25-15-19-31(33)37(27)35(23)25/h1-2,4-7,10-21,28-29,38-39H,3,8-9H2/t28-,29+,38-,39+. The van der Waals surface area contributed by atoms with Crippen LogP contribution in [-0.2, 0) is 0 Å². The quantitative estimate of drug-likeness (QED) is 0.209. The summed E-state index contributed by atoms with van der Waals surface area (Å²) < 4.78 is 0. The summed E-state index contributed by atoms with van der Waals surface area (Å²) in [6.07, 6.45) is 4.12. The lowest BCUT2D eigenvalue weighted by Gasteiger charge is -2.51. The Hall–Kier alpha value is -4.16. The smallest absolute Gasteiger partial charge is 0.00239 e. The Morgan fingerprint density at radius 3 is 1.15 bits per heavy atom. The van der Waals surface area contributed by atoms with Gasteiger partial charge in [-0.15, -0.1) is 0 Å². The van der Waals surface area contributed by atoms with Crippen molar-refractivity contribution in [3.8, 4) is 0 Å². The second kappa shape index (κ2) is 7.27. The molecule has 0 nitrogen and oxygen atoms in total. The molecule has 2 saturated carbocycles. The van der Waals surface area contributed by atoms with E-state index in [1.807, 2.05) is 0 Å². The van der Waals surface area contributed by atoms with E-state index in [-0.39, 0.29) is 0 Å². The first-order valence-corrected chi connectivity index (χ1v) is 14.7. The zero-order chi connectivity index (χ0) is 25.2. The van der Waals surface area contributed by atoms with Crippen LogP contribution in [0.15, 0.2) is 109 Å². The Bertz CT molecular complexity index is 2040. The van der Waals surface area contributed by atoms with Gasteiger partial charge in [0.2, 0.25) is 0 Å². The summed E-state index contributed by atoms with van der Waals surface area (Å²) in [5.74, 6) is 2.76. The van der Waals surface area contributed by atoms with Crippen LogP contribution in [-0.4, -0.2) is 0 Å². The summed E-state index contributed by atoms with van der Waals surface area (Å²) in [5.41, 5.74) is 3.17.